The quantitative estimate of drug-likeness (QED) is 0.326. The van der Waals surface area contributed by atoms with Crippen LogP contribution < -0.4 is 14.2 Å². The van der Waals surface area contributed by atoms with Crippen LogP contribution in [0.1, 0.15) is 38.5 Å². The van der Waals surface area contributed by atoms with Crippen molar-refractivity contribution in [2.75, 3.05) is 7.11 Å². The van der Waals surface area contributed by atoms with Gasteiger partial charge < -0.3 is 18.7 Å². The summed E-state index contributed by atoms with van der Waals surface area (Å²) < 4.78 is 21.2. The summed E-state index contributed by atoms with van der Waals surface area (Å²) in [6, 6.07) is 6.84. The molecule has 30 heavy (non-hydrogen) atoms. The molecule has 1 aromatic carbocycles. The summed E-state index contributed by atoms with van der Waals surface area (Å²) in [6.45, 7) is 3.77. The highest BCUT2D eigenvalue weighted by atomic mass is 32.1. The number of Topliss-reactive ketones (excluding diaryl/α,β-unsaturated/α-hetero) is 1. The number of allylic oxidation sites excluding steroid dienone is 1. The van der Waals surface area contributed by atoms with E-state index in [4.69, 9.17) is 18.7 Å². The van der Waals surface area contributed by atoms with E-state index in [1.807, 2.05) is 18.4 Å². The molecule has 0 fully saturated rings. The maximum Gasteiger partial charge on any atom is 0.311 e. The summed E-state index contributed by atoms with van der Waals surface area (Å²) in [5, 5.41) is 5.66. The van der Waals surface area contributed by atoms with Crippen LogP contribution >= 0.6 is 11.3 Å². The molecular formula is C22H19NO6S. The van der Waals surface area contributed by atoms with Gasteiger partial charge in [-0.25, -0.2) is 0 Å². The van der Waals surface area contributed by atoms with Gasteiger partial charge in [-0.05, 0) is 47.6 Å². The molecule has 0 saturated heterocycles. The van der Waals surface area contributed by atoms with Crippen molar-refractivity contribution in [3.63, 3.8) is 0 Å². The monoisotopic (exact) mass is 425 g/mol. The number of nitrogens with zero attached hydrogens (tertiary/aromatic N) is 1. The molecule has 0 atom stereocenters. The molecule has 0 saturated carbocycles. The molecule has 0 N–H and O–H groups in total. The summed E-state index contributed by atoms with van der Waals surface area (Å²) in [7, 11) is 1.49. The third-order valence-corrected chi connectivity index (χ3v) is 5.63. The first-order valence-corrected chi connectivity index (χ1v) is 10.2. The topological polar surface area (TPSA) is 87.9 Å². The van der Waals surface area contributed by atoms with Crippen molar-refractivity contribution in [2.24, 2.45) is 0 Å². The number of ketones is 1. The first kappa shape index (κ1) is 19.9. The molecule has 0 unspecified atom stereocenters. The van der Waals surface area contributed by atoms with Crippen molar-refractivity contribution in [3.8, 4) is 17.4 Å². The van der Waals surface area contributed by atoms with E-state index in [1.165, 1.54) is 7.11 Å². The molecule has 0 aliphatic carbocycles. The molecule has 4 rings (SSSR count). The number of aryl methyl sites for hydroxylation is 3. The number of benzene rings is 1. The minimum atomic E-state index is -0.431. The fourth-order valence-corrected chi connectivity index (χ4v) is 3.95. The summed E-state index contributed by atoms with van der Waals surface area (Å²) in [5.74, 6) is 1.27. The number of carbonyl (C=O) groups excluding carboxylic acids is 2. The molecule has 1 aliphatic heterocycles. The van der Waals surface area contributed by atoms with Crippen molar-refractivity contribution in [1.29, 1.82) is 0 Å². The molecule has 0 spiro atoms. The van der Waals surface area contributed by atoms with Crippen LogP contribution in [0.25, 0.3) is 6.08 Å². The van der Waals surface area contributed by atoms with Gasteiger partial charge in [0.2, 0.25) is 5.78 Å². The Bertz CT molecular complexity index is 1160. The first-order valence-electron chi connectivity index (χ1n) is 9.28. The molecule has 7 nitrogen and oxygen atoms in total. The molecule has 154 valence electrons. The molecule has 3 heterocycles. The average Bonchev–Trinajstić information content (AvgIpc) is 3.41. The van der Waals surface area contributed by atoms with Gasteiger partial charge in [0.25, 0.3) is 5.88 Å². The Morgan fingerprint density at radius 2 is 2.07 bits per heavy atom. The summed E-state index contributed by atoms with van der Waals surface area (Å²) in [6.07, 6.45) is 2.19. The van der Waals surface area contributed by atoms with Crippen molar-refractivity contribution in [1.82, 2.24) is 5.16 Å². The standard InChI is InChI=1S/C22H19NO6S/c1-12-6-7-30-18(12)11-17-22(25)21-13(2)8-15(9-16(21)28-17)27-20(24)5-4-14-10-19(26-3)23-29-14/h6-11H,4-5H2,1-3H3/b17-11-. The summed E-state index contributed by atoms with van der Waals surface area (Å²) in [4.78, 5) is 25.9. The molecular weight excluding hydrogens is 406 g/mol. The van der Waals surface area contributed by atoms with Gasteiger partial charge in [0, 0.05) is 29.5 Å². The first-order chi connectivity index (χ1) is 14.4. The van der Waals surface area contributed by atoms with E-state index in [1.54, 1.807) is 42.5 Å². The van der Waals surface area contributed by atoms with Crippen molar-refractivity contribution >= 4 is 29.2 Å². The van der Waals surface area contributed by atoms with Crippen LogP contribution in [-0.4, -0.2) is 24.0 Å². The van der Waals surface area contributed by atoms with E-state index in [9.17, 15) is 9.59 Å². The number of rotatable bonds is 6. The smallest absolute Gasteiger partial charge is 0.311 e. The number of thiophene rings is 1. The van der Waals surface area contributed by atoms with Gasteiger partial charge in [-0.2, -0.15) is 0 Å². The minimum Gasteiger partial charge on any atom is -0.479 e. The highest BCUT2D eigenvalue weighted by Gasteiger charge is 2.30. The zero-order valence-corrected chi connectivity index (χ0v) is 17.5. The highest BCUT2D eigenvalue weighted by molar-refractivity contribution is 7.11. The van der Waals surface area contributed by atoms with E-state index < -0.39 is 5.97 Å². The summed E-state index contributed by atoms with van der Waals surface area (Å²) >= 11 is 1.54. The number of fused-ring (bicyclic) bond motifs is 1. The number of esters is 1. The van der Waals surface area contributed by atoms with Crippen molar-refractivity contribution < 1.29 is 28.3 Å². The largest absolute Gasteiger partial charge is 0.479 e. The Kier molecular flexibility index (Phi) is 5.41. The lowest BCUT2D eigenvalue weighted by molar-refractivity contribution is -0.134. The normalized spacial score (nSPS) is 14.0. The van der Waals surface area contributed by atoms with Gasteiger partial charge in [-0.1, -0.05) is 0 Å². The lowest BCUT2D eigenvalue weighted by Gasteiger charge is -2.07. The highest BCUT2D eigenvalue weighted by Crippen LogP contribution is 2.38. The third-order valence-electron chi connectivity index (χ3n) is 4.66. The maximum atomic E-state index is 12.8. The Balaban J connectivity index is 1.46. The lowest BCUT2D eigenvalue weighted by atomic mass is 10.0. The number of hydrogen-bond acceptors (Lipinski definition) is 8. The minimum absolute atomic E-state index is 0.108. The van der Waals surface area contributed by atoms with E-state index >= 15 is 0 Å². The molecule has 0 radical (unpaired) electrons. The molecule has 0 amide bonds. The van der Waals surface area contributed by atoms with Gasteiger partial charge in [0.15, 0.2) is 5.76 Å². The number of hydrogen-bond donors (Lipinski definition) is 0. The van der Waals surface area contributed by atoms with Gasteiger partial charge in [-0.3, -0.25) is 9.59 Å². The van der Waals surface area contributed by atoms with Crippen LogP contribution in [0.3, 0.4) is 0 Å². The fraction of sp³-hybridized carbons (Fsp3) is 0.227. The van der Waals surface area contributed by atoms with Crippen LogP contribution in [0.4, 0.5) is 0 Å². The average molecular weight is 425 g/mol. The number of aromatic nitrogens is 1. The van der Waals surface area contributed by atoms with Gasteiger partial charge >= 0.3 is 5.97 Å². The van der Waals surface area contributed by atoms with Crippen LogP contribution in [-0.2, 0) is 11.2 Å². The van der Waals surface area contributed by atoms with Crippen molar-refractivity contribution in [3.05, 3.63) is 62.7 Å². The SMILES string of the molecule is COc1cc(CCC(=O)Oc2cc(C)c3c(c2)O/C(=C\c2sccc2C)C3=O)on1. The second-order valence-corrected chi connectivity index (χ2v) is 7.78. The zero-order valence-electron chi connectivity index (χ0n) is 16.7. The van der Waals surface area contributed by atoms with E-state index in [0.717, 1.165) is 10.4 Å². The van der Waals surface area contributed by atoms with E-state index in [0.29, 0.717) is 40.7 Å². The zero-order chi connectivity index (χ0) is 21.3. The molecule has 2 aromatic heterocycles. The number of ether oxygens (including phenoxy) is 3. The predicted octanol–water partition coefficient (Wildman–Crippen LogP) is 4.52. The van der Waals surface area contributed by atoms with Gasteiger partial charge in [-0.15, -0.1) is 11.3 Å². The Morgan fingerprint density at radius 3 is 2.77 bits per heavy atom. The molecule has 3 aromatic rings. The van der Waals surface area contributed by atoms with Crippen LogP contribution in [0.15, 0.2) is 39.9 Å². The maximum absolute atomic E-state index is 12.8. The van der Waals surface area contributed by atoms with Crippen LogP contribution in [0.5, 0.6) is 17.4 Å². The summed E-state index contributed by atoms with van der Waals surface area (Å²) in [5.41, 5.74) is 2.26. The second kappa shape index (κ2) is 8.16. The molecule has 0 bridgehead atoms. The Labute approximate surface area is 176 Å². The van der Waals surface area contributed by atoms with Gasteiger partial charge in [0.1, 0.15) is 17.3 Å². The van der Waals surface area contributed by atoms with Crippen molar-refractivity contribution in [2.45, 2.75) is 26.7 Å². The van der Waals surface area contributed by atoms with E-state index in [2.05, 4.69) is 5.16 Å². The Morgan fingerprint density at radius 1 is 1.23 bits per heavy atom. The second-order valence-electron chi connectivity index (χ2n) is 6.83. The van der Waals surface area contributed by atoms with Crippen LogP contribution in [0, 0.1) is 13.8 Å². The van der Waals surface area contributed by atoms with Crippen LogP contribution in [0.2, 0.25) is 0 Å². The number of carbonyl (C=O) groups is 2. The Hall–Kier alpha value is -3.39. The predicted molar refractivity (Wildman–Crippen MR) is 110 cm³/mol. The molecule has 8 heteroatoms. The van der Waals surface area contributed by atoms with Gasteiger partial charge in [0.05, 0.1) is 19.1 Å². The van der Waals surface area contributed by atoms with E-state index in [-0.39, 0.29) is 18.0 Å². The third kappa shape index (κ3) is 3.99. The lowest BCUT2D eigenvalue weighted by Crippen LogP contribution is -2.09. The number of methoxy groups -OCH3 is 1. The molecule has 1 aliphatic rings. The fourth-order valence-electron chi connectivity index (χ4n) is 3.10.